The lowest BCUT2D eigenvalue weighted by Gasteiger charge is -2.32. The van der Waals surface area contributed by atoms with E-state index in [1.165, 1.54) is 45.1 Å². The van der Waals surface area contributed by atoms with Gasteiger partial charge >= 0.3 is 0 Å². The zero-order valence-corrected chi connectivity index (χ0v) is 11.8. The number of nitrogens with zero attached hydrogens (tertiary/aromatic N) is 1. The van der Waals surface area contributed by atoms with Crippen molar-refractivity contribution in [1.29, 1.82) is 0 Å². The molecule has 1 aromatic rings. The molecule has 3 rings (SSSR count). The average molecular weight is 262 g/mol. The van der Waals surface area contributed by atoms with Gasteiger partial charge < -0.3 is 10.2 Å². The minimum Gasteiger partial charge on any atom is -0.468 e. The van der Waals surface area contributed by atoms with Crippen LogP contribution < -0.4 is 5.73 Å². The molecule has 3 heteroatoms. The molecule has 2 fully saturated rings. The van der Waals surface area contributed by atoms with Gasteiger partial charge in [0.05, 0.1) is 12.8 Å². The van der Waals surface area contributed by atoms with Crippen molar-refractivity contribution in [3.63, 3.8) is 0 Å². The predicted octanol–water partition coefficient (Wildman–Crippen LogP) is 3.01. The van der Waals surface area contributed by atoms with Gasteiger partial charge in [0, 0.05) is 12.6 Å². The third-order valence-electron chi connectivity index (χ3n) is 4.79. The molecule has 0 atom stereocenters. The summed E-state index contributed by atoms with van der Waals surface area (Å²) >= 11 is 0. The van der Waals surface area contributed by atoms with Gasteiger partial charge in [-0.1, -0.05) is 0 Å². The summed E-state index contributed by atoms with van der Waals surface area (Å²) in [5.74, 6) is 2.77. The van der Waals surface area contributed by atoms with Gasteiger partial charge in [-0.15, -0.1) is 0 Å². The molecule has 19 heavy (non-hydrogen) atoms. The van der Waals surface area contributed by atoms with Crippen molar-refractivity contribution in [3.05, 3.63) is 24.2 Å². The third kappa shape index (κ3) is 3.61. The largest absolute Gasteiger partial charge is 0.468 e. The van der Waals surface area contributed by atoms with E-state index in [1.807, 2.05) is 6.07 Å². The lowest BCUT2D eigenvalue weighted by molar-refractivity contribution is 0.160. The Bertz CT molecular complexity index is 364. The minimum absolute atomic E-state index is 0.788. The van der Waals surface area contributed by atoms with Crippen molar-refractivity contribution in [2.24, 2.45) is 17.6 Å². The molecule has 2 N–H and O–H groups in total. The Balaban J connectivity index is 1.51. The topological polar surface area (TPSA) is 42.4 Å². The SMILES string of the molecule is NCC1CCC(CN(Cc2ccco2)C2CC2)CC1. The zero-order valence-electron chi connectivity index (χ0n) is 11.8. The number of furan rings is 1. The average Bonchev–Trinajstić information content (AvgIpc) is 3.17. The van der Waals surface area contributed by atoms with E-state index >= 15 is 0 Å². The Morgan fingerprint density at radius 3 is 2.42 bits per heavy atom. The summed E-state index contributed by atoms with van der Waals surface area (Å²) in [6, 6.07) is 4.91. The van der Waals surface area contributed by atoms with Gasteiger partial charge in [-0.3, -0.25) is 4.90 Å². The van der Waals surface area contributed by atoms with E-state index in [0.717, 1.165) is 36.7 Å². The second-order valence-corrected chi connectivity index (χ2v) is 6.36. The van der Waals surface area contributed by atoms with Crippen molar-refractivity contribution in [2.45, 2.75) is 51.1 Å². The van der Waals surface area contributed by atoms with Crippen molar-refractivity contribution >= 4 is 0 Å². The molecule has 0 aromatic carbocycles. The Hall–Kier alpha value is -0.800. The standard InChI is InChI=1S/C16H26N2O/c17-10-13-3-5-14(6-4-13)11-18(15-7-8-15)12-16-2-1-9-19-16/h1-2,9,13-15H,3-8,10-12,17H2. The molecule has 0 aliphatic heterocycles. The second-order valence-electron chi connectivity index (χ2n) is 6.36. The number of hydrogen-bond acceptors (Lipinski definition) is 3. The molecular weight excluding hydrogens is 236 g/mol. The van der Waals surface area contributed by atoms with Gasteiger partial charge in [-0.2, -0.15) is 0 Å². The normalized spacial score (nSPS) is 27.9. The van der Waals surface area contributed by atoms with Crippen LogP contribution in [-0.4, -0.2) is 24.0 Å². The highest BCUT2D eigenvalue weighted by Crippen LogP contribution is 2.33. The van der Waals surface area contributed by atoms with E-state index in [9.17, 15) is 0 Å². The van der Waals surface area contributed by atoms with Crippen molar-refractivity contribution < 1.29 is 4.42 Å². The van der Waals surface area contributed by atoms with Crippen LogP contribution in [0.1, 0.15) is 44.3 Å². The third-order valence-corrected chi connectivity index (χ3v) is 4.79. The molecule has 0 bridgehead atoms. The van der Waals surface area contributed by atoms with E-state index in [2.05, 4.69) is 11.0 Å². The first kappa shape index (κ1) is 13.2. The van der Waals surface area contributed by atoms with Crippen LogP contribution in [0.25, 0.3) is 0 Å². The molecule has 0 unspecified atom stereocenters. The van der Waals surface area contributed by atoms with E-state index in [4.69, 9.17) is 10.2 Å². The fraction of sp³-hybridized carbons (Fsp3) is 0.750. The Kier molecular flexibility index (Phi) is 4.24. The summed E-state index contributed by atoms with van der Waals surface area (Å²) in [6.45, 7) is 3.13. The maximum atomic E-state index is 5.78. The Morgan fingerprint density at radius 2 is 1.84 bits per heavy atom. The summed E-state index contributed by atoms with van der Waals surface area (Å²) in [4.78, 5) is 2.65. The molecule has 0 spiro atoms. The summed E-state index contributed by atoms with van der Waals surface area (Å²) in [5, 5.41) is 0. The first-order chi connectivity index (χ1) is 9.35. The number of nitrogens with two attached hydrogens (primary N) is 1. The van der Waals surface area contributed by atoms with Crippen LogP contribution in [-0.2, 0) is 6.54 Å². The first-order valence-corrected chi connectivity index (χ1v) is 7.81. The van der Waals surface area contributed by atoms with Crippen LogP contribution >= 0.6 is 0 Å². The summed E-state index contributed by atoms with van der Waals surface area (Å²) in [7, 11) is 0. The predicted molar refractivity (Wildman–Crippen MR) is 76.6 cm³/mol. The molecular formula is C16H26N2O. The van der Waals surface area contributed by atoms with Crippen LogP contribution in [0.5, 0.6) is 0 Å². The molecule has 0 saturated heterocycles. The van der Waals surface area contributed by atoms with Gasteiger partial charge in [-0.05, 0) is 69.0 Å². The van der Waals surface area contributed by atoms with E-state index < -0.39 is 0 Å². The van der Waals surface area contributed by atoms with Gasteiger partial charge in [0.2, 0.25) is 0 Å². The van der Waals surface area contributed by atoms with Gasteiger partial charge in [0.15, 0.2) is 0 Å². The minimum atomic E-state index is 0.788. The second kappa shape index (κ2) is 6.10. The van der Waals surface area contributed by atoms with Crippen molar-refractivity contribution in [2.75, 3.05) is 13.1 Å². The van der Waals surface area contributed by atoms with Crippen molar-refractivity contribution in [3.8, 4) is 0 Å². The molecule has 1 heterocycles. The quantitative estimate of drug-likeness (QED) is 0.857. The Morgan fingerprint density at radius 1 is 1.11 bits per heavy atom. The van der Waals surface area contributed by atoms with Crippen LogP contribution in [0.4, 0.5) is 0 Å². The van der Waals surface area contributed by atoms with Crippen LogP contribution in [0.2, 0.25) is 0 Å². The van der Waals surface area contributed by atoms with E-state index in [1.54, 1.807) is 6.26 Å². The van der Waals surface area contributed by atoms with E-state index in [-0.39, 0.29) is 0 Å². The summed E-state index contributed by atoms with van der Waals surface area (Å²) in [5.41, 5.74) is 5.78. The molecule has 2 aliphatic rings. The lowest BCUT2D eigenvalue weighted by atomic mass is 9.82. The number of hydrogen-bond donors (Lipinski definition) is 1. The van der Waals surface area contributed by atoms with Crippen LogP contribution in [0.15, 0.2) is 22.8 Å². The maximum absolute atomic E-state index is 5.78. The fourth-order valence-corrected chi connectivity index (χ4v) is 3.37. The highest BCUT2D eigenvalue weighted by Gasteiger charge is 2.32. The number of rotatable bonds is 6. The smallest absolute Gasteiger partial charge is 0.117 e. The molecule has 1 aromatic heterocycles. The molecule has 2 aliphatic carbocycles. The van der Waals surface area contributed by atoms with Gasteiger partial charge in [-0.25, -0.2) is 0 Å². The Labute approximate surface area is 116 Å². The summed E-state index contributed by atoms with van der Waals surface area (Å²) in [6.07, 6.45) is 9.93. The van der Waals surface area contributed by atoms with E-state index in [0.29, 0.717) is 0 Å². The molecule has 3 nitrogen and oxygen atoms in total. The van der Waals surface area contributed by atoms with Gasteiger partial charge in [0.25, 0.3) is 0 Å². The monoisotopic (exact) mass is 262 g/mol. The molecule has 106 valence electrons. The fourth-order valence-electron chi connectivity index (χ4n) is 3.37. The molecule has 2 saturated carbocycles. The van der Waals surface area contributed by atoms with Gasteiger partial charge in [0.1, 0.15) is 5.76 Å². The maximum Gasteiger partial charge on any atom is 0.117 e. The highest BCUT2D eigenvalue weighted by atomic mass is 16.3. The zero-order chi connectivity index (χ0) is 13.1. The van der Waals surface area contributed by atoms with Crippen LogP contribution in [0.3, 0.4) is 0 Å². The van der Waals surface area contributed by atoms with Crippen LogP contribution in [0, 0.1) is 11.8 Å². The first-order valence-electron chi connectivity index (χ1n) is 7.81. The summed E-state index contributed by atoms with van der Waals surface area (Å²) < 4.78 is 5.51. The highest BCUT2D eigenvalue weighted by molar-refractivity contribution is 5.00. The molecule has 0 amide bonds. The molecule has 0 radical (unpaired) electrons. The lowest BCUT2D eigenvalue weighted by Crippen LogP contribution is -2.33. The van der Waals surface area contributed by atoms with Crippen molar-refractivity contribution in [1.82, 2.24) is 4.90 Å².